The van der Waals surface area contributed by atoms with Crippen molar-refractivity contribution < 1.29 is 19.1 Å². The Morgan fingerprint density at radius 2 is 1.87 bits per heavy atom. The number of hydrogen-bond acceptors (Lipinski definition) is 8. The lowest BCUT2D eigenvalue weighted by atomic mass is 10.1. The quantitative estimate of drug-likeness (QED) is 0.375. The van der Waals surface area contributed by atoms with Crippen LogP contribution < -0.4 is 15.4 Å². The minimum atomic E-state index is -0.665. The predicted octanol–water partition coefficient (Wildman–Crippen LogP) is 4.57. The number of amidine groups is 2. The second kappa shape index (κ2) is 12.3. The highest BCUT2D eigenvalue weighted by molar-refractivity contribution is 8.14. The maximum Gasteiger partial charge on any atom is 0.270 e. The molecular weight excluding hydrogens is 534 g/mol. The zero-order valence-corrected chi connectivity index (χ0v) is 22.9. The van der Waals surface area contributed by atoms with Crippen LogP contribution >= 0.6 is 23.1 Å². The number of aliphatic imine (C=N–C) groups is 2. The normalized spacial score (nSPS) is 15.7. The molecule has 0 saturated heterocycles. The average Bonchev–Trinajstić information content (AvgIpc) is 3.58. The van der Waals surface area contributed by atoms with E-state index in [1.165, 1.54) is 11.8 Å². The zero-order valence-electron chi connectivity index (χ0n) is 21.3. The molecule has 0 bridgehead atoms. The number of amides is 3. The lowest BCUT2D eigenvalue weighted by molar-refractivity contribution is -0.122. The molecule has 2 N–H and O–H groups in total. The van der Waals surface area contributed by atoms with Crippen LogP contribution in [0, 0.1) is 0 Å². The molecule has 0 aliphatic carbocycles. The number of hydrogen-bond donors (Lipinski definition) is 2. The lowest BCUT2D eigenvalue weighted by Gasteiger charge is -2.31. The van der Waals surface area contributed by atoms with Crippen molar-refractivity contribution in [2.45, 2.75) is 32.4 Å². The Hall–Kier alpha value is -3.96. The van der Waals surface area contributed by atoms with Crippen molar-refractivity contribution in [3.8, 4) is 5.75 Å². The highest BCUT2D eigenvalue weighted by Crippen LogP contribution is 2.35. The second-order valence-corrected chi connectivity index (χ2v) is 10.7. The summed E-state index contributed by atoms with van der Waals surface area (Å²) in [5, 5.41) is 8.25. The van der Waals surface area contributed by atoms with E-state index in [0.29, 0.717) is 35.5 Å². The summed E-state index contributed by atoms with van der Waals surface area (Å²) in [6, 6.07) is 17.9. The maximum absolute atomic E-state index is 13.0. The highest BCUT2D eigenvalue weighted by atomic mass is 32.2. The molecule has 5 rings (SSSR count). The topological polar surface area (TPSA) is 112 Å². The molecule has 0 spiro atoms. The molecule has 1 aromatic heterocycles. The van der Waals surface area contributed by atoms with Gasteiger partial charge in [-0.1, -0.05) is 30.0 Å². The number of ether oxygens (including phenoxy) is 1. The number of thioether (sulfide) groups is 1. The molecule has 11 heteroatoms. The molecule has 1 unspecified atom stereocenters. The molecule has 2 aliphatic rings. The van der Waals surface area contributed by atoms with Crippen LogP contribution in [-0.2, 0) is 20.9 Å². The van der Waals surface area contributed by atoms with Gasteiger partial charge in [0.1, 0.15) is 17.6 Å². The van der Waals surface area contributed by atoms with Crippen molar-refractivity contribution >= 4 is 63.2 Å². The van der Waals surface area contributed by atoms with E-state index in [2.05, 4.69) is 15.6 Å². The Kier molecular flexibility index (Phi) is 8.38. The van der Waals surface area contributed by atoms with E-state index >= 15 is 0 Å². The fraction of sp³-hybridized carbons (Fsp3) is 0.250. The van der Waals surface area contributed by atoms with E-state index in [-0.39, 0.29) is 36.3 Å². The van der Waals surface area contributed by atoms with Crippen LogP contribution in [0.4, 0.5) is 11.4 Å². The number of anilines is 1. The molecule has 1 atom stereocenters. The zero-order chi connectivity index (χ0) is 27.2. The van der Waals surface area contributed by atoms with Crippen LogP contribution in [0.3, 0.4) is 0 Å². The van der Waals surface area contributed by atoms with Gasteiger partial charge in [-0.3, -0.25) is 19.3 Å². The third kappa shape index (κ3) is 6.37. The van der Waals surface area contributed by atoms with E-state index in [1.54, 1.807) is 40.5 Å². The summed E-state index contributed by atoms with van der Waals surface area (Å²) in [5.74, 6) is 0.656. The van der Waals surface area contributed by atoms with Crippen molar-refractivity contribution in [3.05, 3.63) is 76.5 Å². The van der Waals surface area contributed by atoms with Crippen LogP contribution in [0.5, 0.6) is 5.75 Å². The van der Waals surface area contributed by atoms with Crippen molar-refractivity contribution in [2.75, 3.05) is 17.7 Å². The van der Waals surface area contributed by atoms with Gasteiger partial charge in [0.05, 0.1) is 24.6 Å². The van der Waals surface area contributed by atoms with Gasteiger partial charge in [0.15, 0.2) is 5.17 Å². The number of fused-ring (bicyclic) bond motifs is 3. The molecule has 3 amide bonds. The summed E-state index contributed by atoms with van der Waals surface area (Å²) < 4.78 is 5.44. The standard InChI is InChI=1S/C28H27N5O4S2/c1-2-37-19-11-9-18(10-12-19)30-25(35)17-39-28-31-22-8-4-3-7-21(22)26-32-27(36)23(33(26)28)13-14-24(34)29-16-20-6-5-15-38-20/h3-12,15,23H,2,13-14,16-17H2,1H3,(H,29,34)(H,30,35). The van der Waals surface area contributed by atoms with Gasteiger partial charge >= 0.3 is 0 Å². The maximum atomic E-state index is 13.0. The molecule has 0 radical (unpaired) electrons. The highest BCUT2D eigenvalue weighted by Gasteiger charge is 2.41. The molecule has 0 saturated carbocycles. The minimum Gasteiger partial charge on any atom is -0.494 e. The third-order valence-corrected chi connectivity index (χ3v) is 7.90. The van der Waals surface area contributed by atoms with Gasteiger partial charge in [0, 0.05) is 22.5 Å². The smallest absolute Gasteiger partial charge is 0.270 e. The Morgan fingerprint density at radius 3 is 2.64 bits per heavy atom. The molecule has 200 valence electrons. The molecular formula is C28H27N5O4S2. The van der Waals surface area contributed by atoms with E-state index in [4.69, 9.17) is 9.73 Å². The molecule has 3 heterocycles. The third-order valence-electron chi connectivity index (χ3n) is 6.07. The molecule has 9 nitrogen and oxygen atoms in total. The number of benzene rings is 2. The number of nitrogens with one attached hydrogen (secondary N) is 2. The number of carbonyl (C=O) groups excluding carboxylic acids is 3. The summed E-state index contributed by atoms with van der Waals surface area (Å²) in [5.41, 5.74) is 2.09. The second-order valence-electron chi connectivity index (χ2n) is 8.76. The van der Waals surface area contributed by atoms with Gasteiger partial charge in [0.25, 0.3) is 5.91 Å². The molecule has 0 fully saturated rings. The van der Waals surface area contributed by atoms with Gasteiger partial charge < -0.3 is 15.4 Å². The van der Waals surface area contributed by atoms with Gasteiger partial charge in [-0.25, -0.2) is 4.99 Å². The van der Waals surface area contributed by atoms with Crippen LogP contribution in [-0.4, -0.2) is 52.0 Å². The fourth-order valence-corrected chi connectivity index (χ4v) is 5.75. The van der Waals surface area contributed by atoms with Crippen molar-refractivity contribution in [3.63, 3.8) is 0 Å². The van der Waals surface area contributed by atoms with Crippen LogP contribution in [0.1, 0.15) is 30.2 Å². The summed E-state index contributed by atoms with van der Waals surface area (Å²) in [4.78, 5) is 50.2. The monoisotopic (exact) mass is 561 g/mol. The summed E-state index contributed by atoms with van der Waals surface area (Å²) in [7, 11) is 0. The van der Waals surface area contributed by atoms with Gasteiger partial charge in [-0.15, -0.1) is 11.3 Å². The Bertz CT molecular complexity index is 1420. The first-order chi connectivity index (χ1) is 19.0. The summed E-state index contributed by atoms with van der Waals surface area (Å²) >= 11 is 2.81. The van der Waals surface area contributed by atoms with Gasteiger partial charge in [-0.2, -0.15) is 4.99 Å². The fourth-order valence-electron chi connectivity index (χ4n) is 4.26. The Balaban J connectivity index is 1.25. The Labute approximate surface area is 234 Å². The Morgan fingerprint density at radius 1 is 1.05 bits per heavy atom. The predicted molar refractivity (Wildman–Crippen MR) is 155 cm³/mol. The van der Waals surface area contributed by atoms with E-state index in [0.717, 1.165) is 16.2 Å². The molecule has 3 aromatic rings. The number of para-hydroxylation sites is 1. The molecule has 39 heavy (non-hydrogen) atoms. The van der Waals surface area contributed by atoms with Gasteiger partial charge in [-0.05, 0) is 61.2 Å². The van der Waals surface area contributed by atoms with E-state index < -0.39 is 6.04 Å². The number of thiophene rings is 1. The average molecular weight is 562 g/mol. The molecule has 2 aromatic carbocycles. The number of nitrogens with zero attached hydrogens (tertiary/aromatic N) is 3. The first-order valence-electron chi connectivity index (χ1n) is 12.6. The van der Waals surface area contributed by atoms with E-state index in [1.807, 2.05) is 48.7 Å². The molecule has 2 aliphatic heterocycles. The SMILES string of the molecule is CCOc1ccc(NC(=O)CSC2=Nc3ccccc3C3=NC(=O)C(CCC(=O)NCc4cccs4)N23)cc1. The number of carbonyl (C=O) groups is 3. The van der Waals surface area contributed by atoms with Crippen LogP contribution in [0.25, 0.3) is 0 Å². The summed E-state index contributed by atoms with van der Waals surface area (Å²) in [6.45, 7) is 2.94. The van der Waals surface area contributed by atoms with Gasteiger partial charge in [0.2, 0.25) is 11.8 Å². The van der Waals surface area contributed by atoms with Crippen molar-refractivity contribution in [1.82, 2.24) is 10.2 Å². The first-order valence-corrected chi connectivity index (χ1v) is 14.4. The largest absolute Gasteiger partial charge is 0.494 e. The summed E-state index contributed by atoms with van der Waals surface area (Å²) in [6.07, 6.45) is 0.446. The van der Waals surface area contributed by atoms with Crippen molar-refractivity contribution in [1.29, 1.82) is 0 Å². The minimum absolute atomic E-state index is 0.0835. The van der Waals surface area contributed by atoms with Crippen molar-refractivity contribution in [2.24, 2.45) is 9.98 Å². The first kappa shape index (κ1) is 26.6. The number of rotatable bonds is 10. The van der Waals surface area contributed by atoms with E-state index in [9.17, 15) is 14.4 Å². The lowest BCUT2D eigenvalue weighted by Crippen LogP contribution is -2.44. The van der Waals surface area contributed by atoms with Crippen LogP contribution in [0.15, 0.2) is 76.0 Å². The van der Waals surface area contributed by atoms with Crippen LogP contribution in [0.2, 0.25) is 0 Å².